The Hall–Kier alpha value is -1.68. The first-order valence-corrected chi connectivity index (χ1v) is 8.88. The highest BCUT2D eigenvalue weighted by Crippen LogP contribution is 2.40. The second-order valence-corrected chi connectivity index (χ2v) is 7.92. The van der Waals surface area contributed by atoms with Crippen molar-refractivity contribution in [3.63, 3.8) is 0 Å². The lowest BCUT2D eigenvalue weighted by atomic mass is 10.4. The third kappa shape index (κ3) is 2.86. The number of nitrogen functional groups attached to an aromatic ring is 1. The number of nitrogens with one attached hydrogen (secondary N) is 1. The fourth-order valence-corrected chi connectivity index (χ4v) is 4.92. The fraction of sp³-hybridized carbons (Fsp3) is 0.545. The molecule has 3 rings (SSSR count). The number of hydrogen-bond acceptors (Lipinski definition) is 8. The minimum Gasteiger partial charge on any atom is -0.382 e. The third-order valence-corrected chi connectivity index (χ3v) is 6.48. The predicted molar refractivity (Wildman–Crippen MR) is 79.9 cm³/mol. The second kappa shape index (κ2) is 5.26. The van der Waals surface area contributed by atoms with Crippen LogP contribution in [-0.4, -0.2) is 39.4 Å². The summed E-state index contributed by atoms with van der Waals surface area (Å²) in [4.78, 5) is 4.27. The van der Waals surface area contributed by atoms with Crippen molar-refractivity contribution < 1.29 is 8.42 Å². The zero-order chi connectivity index (χ0) is 15.0. The molecule has 21 heavy (non-hydrogen) atoms. The molecule has 0 atom stereocenters. The van der Waals surface area contributed by atoms with Crippen molar-refractivity contribution in [2.75, 3.05) is 17.6 Å². The number of nitrogens with two attached hydrogens (primary N) is 1. The number of nitrogens with zero attached hydrogens (tertiary/aromatic N) is 4. The SMILES string of the molecule is Cn1cnc(CCNc2snc(N)c2S(=O)(=O)C2CC2)n1. The summed E-state index contributed by atoms with van der Waals surface area (Å²) < 4.78 is 30.3. The van der Waals surface area contributed by atoms with Crippen molar-refractivity contribution in [3.05, 3.63) is 12.2 Å². The zero-order valence-corrected chi connectivity index (χ0v) is 13.1. The van der Waals surface area contributed by atoms with Crippen molar-refractivity contribution >= 4 is 32.2 Å². The van der Waals surface area contributed by atoms with Crippen LogP contribution in [0.25, 0.3) is 0 Å². The quantitative estimate of drug-likeness (QED) is 0.790. The van der Waals surface area contributed by atoms with Crippen LogP contribution in [0.2, 0.25) is 0 Å². The smallest absolute Gasteiger partial charge is 0.187 e. The van der Waals surface area contributed by atoms with Crippen molar-refractivity contribution in [3.8, 4) is 0 Å². The summed E-state index contributed by atoms with van der Waals surface area (Å²) in [6.07, 6.45) is 3.63. The van der Waals surface area contributed by atoms with E-state index in [-0.39, 0.29) is 16.0 Å². The minimum absolute atomic E-state index is 0.0883. The second-order valence-electron chi connectivity index (χ2n) is 4.98. The van der Waals surface area contributed by atoms with Crippen LogP contribution in [0.1, 0.15) is 18.7 Å². The van der Waals surface area contributed by atoms with Crippen LogP contribution in [0, 0.1) is 0 Å². The first-order valence-electron chi connectivity index (χ1n) is 6.56. The van der Waals surface area contributed by atoms with E-state index in [0.29, 0.717) is 36.6 Å². The molecule has 2 aromatic rings. The van der Waals surface area contributed by atoms with Gasteiger partial charge >= 0.3 is 0 Å². The van der Waals surface area contributed by atoms with Gasteiger partial charge in [0.1, 0.15) is 16.2 Å². The molecule has 0 bridgehead atoms. The highest BCUT2D eigenvalue weighted by atomic mass is 32.2. The number of aromatic nitrogens is 4. The van der Waals surface area contributed by atoms with E-state index in [0.717, 1.165) is 11.5 Å². The van der Waals surface area contributed by atoms with Crippen molar-refractivity contribution in [1.82, 2.24) is 19.1 Å². The molecule has 1 saturated carbocycles. The molecule has 1 fully saturated rings. The van der Waals surface area contributed by atoms with Gasteiger partial charge in [0.2, 0.25) is 0 Å². The molecular weight excluding hydrogens is 312 g/mol. The van der Waals surface area contributed by atoms with E-state index in [4.69, 9.17) is 5.73 Å². The summed E-state index contributed by atoms with van der Waals surface area (Å²) in [6.45, 7) is 0.527. The van der Waals surface area contributed by atoms with Gasteiger partial charge in [-0.05, 0) is 24.4 Å². The van der Waals surface area contributed by atoms with Gasteiger partial charge in [-0.15, -0.1) is 0 Å². The highest BCUT2D eigenvalue weighted by Gasteiger charge is 2.40. The van der Waals surface area contributed by atoms with Gasteiger partial charge < -0.3 is 11.1 Å². The van der Waals surface area contributed by atoms with Crippen molar-refractivity contribution in [2.45, 2.75) is 29.4 Å². The molecule has 0 aliphatic heterocycles. The molecule has 0 spiro atoms. The molecule has 1 aliphatic rings. The Bertz CT molecular complexity index is 747. The Kier molecular flexibility index (Phi) is 3.57. The van der Waals surface area contributed by atoms with Crippen molar-refractivity contribution in [2.24, 2.45) is 7.05 Å². The summed E-state index contributed by atoms with van der Waals surface area (Å²) in [5, 5.41) is 7.47. The van der Waals surface area contributed by atoms with Crippen molar-refractivity contribution in [1.29, 1.82) is 0 Å². The summed E-state index contributed by atoms with van der Waals surface area (Å²) in [6, 6.07) is 0. The topological polar surface area (TPSA) is 116 Å². The first kappa shape index (κ1) is 14.3. The van der Waals surface area contributed by atoms with Crippen LogP contribution in [0.4, 0.5) is 10.8 Å². The summed E-state index contributed by atoms with van der Waals surface area (Å²) in [5.74, 6) is 0.791. The lowest BCUT2D eigenvalue weighted by Crippen LogP contribution is -2.13. The van der Waals surface area contributed by atoms with E-state index in [2.05, 4.69) is 19.8 Å². The standard InChI is InChI=1S/C11H16N6O2S2/c1-17-6-14-8(15-17)4-5-13-11-9(10(12)16-20-11)21(18,19)7-2-3-7/h6-7,13H,2-5H2,1H3,(H2,12,16). The van der Waals surface area contributed by atoms with E-state index in [1.165, 1.54) is 0 Å². The maximum Gasteiger partial charge on any atom is 0.187 e. The van der Waals surface area contributed by atoms with Gasteiger partial charge in [0.15, 0.2) is 21.5 Å². The summed E-state index contributed by atoms with van der Waals surface area (Å²) in [5.41, 5.74) is 5.73. The van der Waals surface area contributed by atoms with Crippen LogP contribution in [0.15, 0.2) is 11.2 Å². The molecule has 3 N–H and O–H groups in total. The lowest BCUT2D eigenvalue weighted by molar-refractivity contribution is 0.595. The number of sulfone groups is 1. The average Bonchev–Trinajstić information content (AvgIpc) is 3.12. The minimum atomic E-state index is -3.35. The zero-order valence-electron chi connectivity index (χ0n) is 11.5. The molecule has 0 amide bonds. The molecule has 10 heteroatoms. The van der Waals surface area contributed by atoms with Crippen LogP contribution in [0.3, 0.4) is 0 Å². The highest BCUT2D eigenvalue weighted by molar-refractivity contribution is 7.92. The average molecular weight is 328 g/mol. The predicted octanol–water partition coefficient (Wildman–Crippen LogP) is 0.445. The van der Waals surface area contributed by atoms with E-state index < -0.39 is 9.84 Å². The molecule has 0 radical (unpaired) electrons. The normalized spacial score (nSPS) is 15.3. The molecule has 0 aromatic carbocycles. The van der Waals surface area contributed by atoms with Crippen LogP contribution < -0.4 is 11.1 Å². The number of rotatable bonds is 6. The monoisotopic (exact) mass is 328 g/mol. The van der Waals surface area contributed by atoms with Gasteiger partial charge in [-0.3, -0.25) is 4.68 Å². The molecular formula is C11H16N6O2S2. The van der Waals surface area contributed by atoms with Gasteiger partial charge in [-0.25, -0.2) is 13.4 Å². The molecule has 1 aliphatic carbocycles. The Labute approximate surface area is 126 Å². The Morgan fingerprint density at radius 1 is 1.52 bits per heavy atom. The van der Waals surface area contributed by atoms with E-state index >= 15 is 0 Å². The molecule has 0 saturated heterocycles. The van der Waals surface area contributed by atoms with Gasteiger partial charge in [0.05, 0.1) is 5.25 Å². The molecule has 0 unspecified atom stereocenters. The fourth-order valence-electron chi connectivity index (χ4n) is 2.01. The molecule has 114 valence electrons. The Morgan fingerprint density at radius 2 is 2.29 bits per heavy atom. The molecule has 2 heterocycles. The number of anilines is 2. The van der Waals surface area contributed by atoms with Crippen LogP contribution >= 0.6 is 11.5 Å². The Balaban J connectivity index is 1.71. The lowest BCUT2D eigenvalue weighted by Gasteiger charge is -2.06. The van der Waals surface area contributed by atoms with Gasteiger partial charge in [-0.1, -0.05) is 0 Å². The Morgan fingerprint density at radius 3 is 2.90 bits per heavy atom. The van der Waals surface area contributed by atoms with E-state index in [1.807, 2.05) is 0 Å². The van der Waals surface area contributed by atoms with Crippen LogP contribution in [0.5, 0.6) is 0 Å². The summed E-state index contributed by atoms with van der Waals surface area (Å²) >= 11 is 1.08. The van der Waals surface area contributed by atoms with E-state index in [1.54, 1.807) is 18.1 Å². The maximum absolute atomic E-state index is 12.4. The van der Waals surface area contributed by atoms with Crippen LogP contribution in [-0.2, 0) is 23.3 Å². The maximum atomic E-state index is 12.4. The summed E-state index contributed by atoms with van der Waals surface area (Å²) in [7, 11) is -1.55. The molecule has 8 nitrogen and oxygen atoms in total. The van der Waals surface area contributed by atoms with Gasteiger partial charge in [-0.2, -0.15) is 9.47 Å². The first-order chi connectivity index (χ1) is 9.98. The van der Waals surface area contributed by atoms with E-state index in [9.17, 15) is 8.42 Å². The number of aryl methyl sites for hydroxylation is 1. The third-order valence-electron chi connectivity index (χ3n) is 3.20. The van der Waals surface area contributed by atoms with Gasteiger partial charge in [0.25, 0.3) is 0 Å². The largest absolute Gasteiger partial charge is 0.382 e. The van der Waals surface area contributed by atoms with Gasteiger partial charge in [0, 0.05) is 20.0 Å². The number of hydrogen-bond donors (Lipinski definition) is 2. The molecule has 2 aromatic heterocycles.